The van der Waals surface area contributed by atoms with Crippen LogP contribution in [0.15, 0.2) is 69.7 Å². The second kappa shape index (κ2) is 7.55. The second-order valence-electron chi connectivity index (χ2n) is 5.03. The minimum atomic E-state index is 0.718. The number of halogens is 1. The molecule has 0 N–H and O–H groups in total. The van der Waals surface area contributed by atoms with Crippen molar-refractivity contribution in [3.8, 4) is 11.3 Å². The van der Waals surface area contributed by atoms with E-state index in [0.717, 1.165) is 31.8 Å². The van der Waals surface area contributed by atoms with Gasteiger partial charge in [-0.05, 0) is 24.3 Å². The maximum Gasteiger partial charge on any atom is 0.108 e. The monoisotopic (exact) mass is 357 g/mol. The van der Waals surface area contributed by atoms with Crippen LogP contribution in [0.2, 0.25) is 5.02 Å². The van der Waals surface area contributed by atoms with E-state index in [2.05, 4.69) is 10.3 Å². The van der Waals surface area contributed by atoms with E-state index in [1.54, 1.807) is 18.0 Å². The molecule has 122 valence electrons. The fraction of sp³-hybridized carbons (Fsp3) is 0.111. The number of hydrogen-bond acceptors (Lipinski definition) is 4. The molecule has 0 amide bonds. The first-order valence-corrected chi connectivity index (χ1v) is 8.51. The molecule has 3 aromatic rings. The lowest BCUT2D eigenvalue weighted by atomic mass is 10.1. The molecular weight excluding hydrogens is 342 g/mol. The standard InChI is InChI=1S/C18H16ClN3OS/c1-22-18(24-15-10-8-14(19)9-11-15)16(12-20-23-2)17(21-22)13-6-4-3-5-7-13/h3-12H,1-2H3/b20-12+. The lowest BCUT2D eigenvalue weighted by Crippen LogP contribution is -1.93. The Morgan fingerprint density at radius 1 is 1.12 bits per heavy atom. The zero-order valence-corrected chi connectivity index (χ0v) is 14.9. The molecule has 1 heterocycles. The van der Waals surface area contributed by atoms with Crippen LogP contribution >= 0.6 is 23.4 Å². The zero-order valence-electron chi connectivity index (χ0n) is 13.3. The number of nitrogens with zero attached hydrogens (tertiary/aromatic N) is 3. The molecule has 0 saturated heterocycles. The third-order valence-corrected chi connectivity index (χ3v) is 4.83. The molecule has 0 bridgehead atoms. The molecule has 0 aliphatic carbocycles. The van der Waals surface area contributed by atoms with E-state index >= 15 is 0 Å². The highest BCUT2D eigenvalue weighted by atomic mass is 35.5. The van der Waals surface area contributed by atoms with E-state index in [-0.39, 0.29) is 0 Å². The van der Waals surface area contributed by atoms with Gasteiger partial charge >= 0.3 is 0 Å². The Morgan fingerprint density at radius 2 is 1.83 bits per heavy atom. The molecule has 0 unspecified atom stereocenters. The summed E-state index contributed by atoms with van der Waals surface area (Å²) in [7, 11) is 3.45. The predicted molar refractivity (Wildman–Crippen MR) is 98.8 cm³/mol. The molecular formula is C18H16ClN3OS. The van der Waals surface area contributed by atoms with Crippen molar-refractivity contribution in [3.05, 3.63) is 65.2 Å². The van der Waals surface area contributed by atoms with Crippen LogP contribution in [0.1, 0.15) is 5.56 Å². The molecule has 4 nitrogen and oxygen atoms in total. The van der Waals surface area contributed by atoms with Gasteiger partial charge in [0.1, 0.15) is 17.8 Å². The molecule has 24 heavy (non-hydrogen) atoms. The fourth-order valence-electron chi connectivity index (χ4n) is 2.29. The summed E-state index contributed by atoms with van der Waals surface area (Å²) in [5, 5.41) is 10.3. The third kappa shape index (κ3) is 3.63. The van der Waals surface area contributed by atoms with Crippen LogP contribution < -0.4 is 0 Å². The smallest absolute Gasteiger partial charge is 0.108 e. The first-order valence-electron chi connectivity index (χ1n) is 7.31. The van der Waals surface area contributed by atoms with Crippen molar-refractivity contribution in [2.24, 2.45) is 12.2 Å². The minimum absolute atomic E-state index is 0.718. The summed E-state index contributed by atoms with van der Waals surface area (Å²) in [5.41, 5.74) is 2.83. The molecule has 3 rings (SSSR count). The summed E-state index contributed by atoms with van der Waals surface area (Å²) < 4.78 is 1.86. The van der Waals surface area contributed by atoms with Crippen molar-refractivity contribution < 1.29 is 4.84 Å². The van der Waals surface area contributed by atoms with Crippen molar-refractivity contribution >= 4 is 29.6 Å². The average Bonchev–Trinajstić information content (AvgIpc) is 2.92. The van der Waals surface area contributed by atoms with E-state index in [4.69, 9.17) is 16.4 Å². The normalized spacial score (nSPS) is 11.1. The number of aryl methyl sites for hydroxylation is 1. The highest BCUT2D eigenvalue weighted by molar-refractivity contribution is 7.99. The maximum atomic E-state index is 5.97. The predicted octanol–water partition coefficient (Wildman–Crippen LogP) is 4.87. The number of rotatable bonds is 5. The largest absolute Gasteiger partial charge is 0.399 e. The molecule has 0 saturated carbocycles. The van der Waals surface area contributed by atoms with Crippen LogP contribution in [-0.2, 0) is 11.9 Å². The van der Waals surface area contributed by atoms with Crippen molar-refractivity contribution in [2.45, 2.75) is 9.92 Å². The molecule has 6 heteroatoms. The summed E-state index contributed by atoms with van der Waals surface area (Å²) in [6, 6.07) is 17.8. The minimum Gasteiger partial charge on any atom is -0.399 e. The SMILES string of the molecule is CO/N=C/c1c(-c2ccccc2)nn(C)c1Sc1ccc(Cl)cc1. The van der Waals surface area contributed by atoms with Crippen molar-refractivity contribution in [2.75, 3.05) is 7.11 Å². The van der Waals surface area contributed by atoms with Gasteiger partial charge < -0.3 is 4.84 Å². The van der Waals surface area contributed by atoms with Gasteiger partial charge in [0.05, 0.1) is 11.8 Å². The first kappa shape index (κ1) is 16.6. The summed E-state index contributed by atoms with van der Waals surface area (Å²) in [6.45, 7) is 0. The van der Waals surface area contributed by atoms with Gasteiger partial charge in [0.25, 0.3) is 0 Å². The lowest BCUT2D eigenvalue weighted by Gasteiger charge is -2.04. The van der Waals surface area contributed by atoms with E-state index in [0.29, 0.717) is 0 Å². The topological polar surface area (TPSA) is 39.4 Å². The molecule has 0 fully saturated rings. The molecule has 0 aliphatic heterocycles. The molecule has 0 aliphatic rings. The van der Waals surface area contributed by atoms with E-state index < -0.39 is 0 Å². The van der Waals surface area contributed by atoms with Gasteiger partial charge in [0.15, 0.2) is 0 Å². The van der Waals surface area contributed by atoms with Crippen molar-refractivity contribution in [3.63, 3.8) is 0 Å². The van der Waals surface area contributed by atoms with Gasteiger partial charge in [-0.25, -0.2) is 0 Å². The van der Waals surface area contributed by atoms with E-state index in [1.807, 2.05) is 66.3 Å². The fourth-order valence-corrected chi connectivity index (χ4v) is 3.34. The summed E-state index contributed by atoms with van der Waals surface area (Å²) in [4.78, 5) is 5.95. The van der Waals surface area contributed by atoms with Crippen LogP contribution in [-0.4, -0.2) is 23.1 Å². The summed E-state index contributed by atoms with van der Waals surface area (Å²) in [5.74, 6) is 0. The molecule has 0 spiro atoms. The van der Waals surface area contributed by atoms with Gasteiger partial charge in [-0.3, -0.25) is 4.68 Å². The van der Waals surface area contributed by atoms with Gasteiger partial charge in [-0.15, -0.1) is 0 Å². The Balaban J connectivity index is 2.06. The highest BCUT2D eigenvalue weighted by Crippen LogP contribution is 2.35. The van der Waals surface area contributed by atoms with Crippen LogP contribution in [0.3, 0.4) is 0 Å². The van der Waals surface area contributed by atoms with Crippen LogP contribution in [0, 0.1) is 0 Å². The molecule has 0 radical (unpaired) electrons. The quantitative estimate of drug-likeness (QED) is 0.483. The summed E-state index contributed by atoms with van der Waals surface area (Å²) in [6.07, 6.45) is 1.70. The van der Waals surface area contributed by atoms with Crippen LogP contribution in [0.5, 0.6) is 0 Å². The Labute approximate surface area is 150 Å². The second-order valence-corrected chi connectivity index (χ2v) is 6.53. The van der Waals surface area contributed by atoms with E-state index in [9.17, 15) is 0 Å². The molecule has 1 aromatic heterocycles. The molecule has 0 atom stereocenters. The Morgan fingerprint density at radius 3 is 2.50 bits per heavy atom. The Bertz CT molecular complexity index is 845. The zero-order chi connectivity index (χ0) is 16.9. The highest BCUT2D eigenvalue weighted by Gasteiger charge is 2.17. The maximum absolute atomic E-state index is 5.97. The summed E-state index contributed by atoms with van der Waals surface area (Å²) >= 11 is 7.58. The molecule has 2 aromatic carbocycles. The average molecular weight is 358 g/mol. The van der Waals surface area contributed by atoms with E-state index in [1.165, 1.54) is 7.11 Å². The van der Waals surface area contributed by atoms with Crippen LogP contribution in [0.25, 0.3) is 11.3 Å². The number of hydrogen-bond donors (Lipinski definition) is 0. The lowest BCUT2D eigenvalue weighted by molar-refractivity contribution is 0.215. The third-order valence-electron chi connectivity index (χ3n) is 3.39. The number of benzene rings is 2. The van der Waals surface area contributed by atoms with Gasteiger partial charge in [-0.2, -0.15) is 5.10 Å². The Hall–Kier alpha value is -2.24. The first-order chi connectivity index (χ1) is 11.7. The van der Waals surface area contributed by atoms with Crippen molar-refractivity contribution in [1.29, 1.82) is 0 Å². The Kier molecular flexibility index (Phi) is 5.23. The van der Waals surface area contributed by atoms with Crippen LogP contribution in [0.4, 0.5) is 0 Å². The van der Waals surface area contributed by atoms with Crippen molar-refractivity contribution in [1.82, 2.24) is 9.78 Å². The number of oxime groups is 1. The van der Waals surface area contributed by atoms with Gasteiger partial charge in [0, 0.05) is 22.5 Å². The number of aromatic nitrogens is 2. The van der Waals surface area contributed by atoms with Gasteiger partial charge in [-0.1, -0.05) is 58.9 Å². The van der Waals surface area contributed by atoms with Gasteiger partial charge in [0.2, 0.25) is 0 Å².